The van der Waals surface area contributed by atoms with E-state index in [-0.39, 0.29) is 4.70 Å². The van der Waals surface area contributed by atoms with Gasteiger partial charge in [-0.05, 0) is 67.3 Å². The number of benzene rings is 5. The van der Waals surface area contributed by atoms with Gasteiger partial charge in [0.05, 0.1) is 23.3 Å². The van der Waals surface area contributed by atoms with Gasteiger partial charge in [-0.3, -0.25) is 0 Å². The molecular formula is C41H24N7OSi+3. The standard InChI is InChI=1S/C41H24N7OSi/c1-44-38-39(43-21-20-42-38)47-40(44)27-12-6-14-28-36(27)48(47)37-29(49-28)18-19-33-35(37)46-34-25(26-13-8-22-45(48)41(26)46)11-7-17-32(34)50(33)30-15-4-2-9-23(30)24-10-3-5-16-31(24)50/h2-22H,1H3/q+3. The van der Waals surface area contributed by atoms with Gasteiger partial charge in [-0.25, -0.2) is 9.55 Å². The summed E-state index contributed by atoms with van der Waals surface area (Å²) < 4.78 is 16.9. The summed E-state index contributed by atoms with van der Waals surface area (Å²) in [6, 6.07) is 41.0. The maximum Gasteiger partial charge on any atom is 0.378 e. The Morgan fingerprint density at radius 2 is 1.38 bits per heavy atom. The summed E-state index contributed by atoms with van der Waals surface area (Å²) in [4.78, 5) is 9.95. The summed E-state index contributed by atoms with van der Waals surface area (Å²) in [5.41, 5.74) is 11.4. The molecule has 9 heteroatoms. The zero-order valence-corrected chi connectivity index (χ0v) is 27.7. The average molecular weight is 659 g/mol. The lowest BCUT2D eigenvalue weighted by Crippen LogP contribution is -2.85. The molecular weight excluding hydrogens is 635 g/mol. The van der Waals surface area contributed by atoms with Gasteiger partial charge in [-0.1, -0.05) is 72.8 Å². The van der Waals surface area contributed by atoms with Gasteiger partial charge in [-0.2, -0.15) is 4.57 Å². The quantitative estimate of drug-likeness (QED) is 0.139. The molecule has 5 aliphatic rings. The molecule has 4 aromatic heterocycles. The van der Waals surface area contributed by atoms with Gasteiger partial charge in [-0.15, -0.1) is 4.98 Å². The number of aromatic nitrogens is 6. The molecule has 5 aromatic carbocycles. The summed E-state index contributed by atoms with van der Waals surface area (Å²) >= 11 is 0. The van der Waals surface area contributed by atoms with Crippen LogP contribution in [0.1, 0.15) is 0 Å². The van der Waals surface area contributed by atoms with Crippen molar-refractivity contribution >= 4 is 73.4 Å². The highest BCUT2D eigenvalue weighted by Crippen LogP contribution is 2.60. The highest BCUT2D eigenvalue weighted by Gasteiger charge is 2.71. The van der Waals surface area contributed by atoms with Crippen molar-refractivity contribution in [3.05, 3.63) is 128 Å². The van der Waals surface area contributed by atoms with E-state index < -0.39 is 8.07 Å². The van der Waals surface area contributed by atoms with Crippen LogP contribution in [0, 0.1) is 0 Å². The van der Waals surface area contributed by atoms with Crippen LogP contribution in [0.3, 0.4) is 0 Å². The third-order valence-corrected chi connectivity index (χ3v) is 17.1. The van der Waals surface area contributed by atoms with Gasteiger partial charge in [0.1, 0.15) is 17.3 Å². The molecule has 0 N–H and O–H groups in total. The van der Waals surface area contributed by atoms with E-state index in [1.165, 1.54) is 53.9 Å². The Balaban J connectivity index is 1.32. The van der Waals surface area contributed by atoms with Crippen LogP contribution in [0.15, 0.2) is 128 Å². The number of para-hydroxylation sites is 2. The molecule has 9 heterocycles. The number of pyridine rings is 1. The van der Waals surface area contributed by atoms with Gasteiger partial charge < -0.3 is 4.74 Å². The number of rotatable bonds is 0. The second kappa shape index (κ2) is 7.57. The normalized spacial score (nSPS) is 18.1. The van der Waals surface area contributed by atoms with Crippen molar-refractivity contribution in [1.82, 2.24) is 23.8 Å². The molecule has 0 amide bonds. The summed E-state index contributed by atoms with van der Waals surface area (Å²) in [7, 11) is -0.732. The van der Waals surface area contributed by atoms with E-state index in [4.69, 9.17) is 14.7 Å². The molecule has 0 saturated carbocycles. The van der Waals surface area contributed by atoms with Crippen LogP contribution < -0.4 is 39.5 Å². The van der Waals surface area contributed by atoms with Crippen LogP contribution in [-0.4, -0.2) is 27.2 Å². The fourth-order valence-electron chi connectivity index (χ4n) is 10.7. The minimum absolute atomic E-state index is 0.270. The van der Waals surface area contributed by atoms with Crippen molar-refractivity contribution < 1.29 is 14.1 Å². The molecule has 2 spiro atoms. The van der Waals surface area contributed by atoms with Crippen LogP contribution in [0.25, 0.3) is 61.4 Å². The van der Waals surface area contributed by atoms with E-state index in [0.29, 0.717) is 0 Å². The molecule has 14 rings (SSSR count). The van der Waals surface area contributed by atoms with Gasteiger partial charge in [0.25, 0.3) is 11.3 Å². The molecule has 9 aromatic rings. The first-order valence-electron chi connectivity index (χ1n) is 17.1. The summed E-state index contributed by atoms with van der Waals surface area (Å²) in [5, 5.41) is 8.25. The van der Waals surface area contributed by atoms with Crippen molar-refractivity contribution in [3.8, 4) is 39.7 Å². The van der Waals surface area contributed by atoms with Crippen molar-refractivity contribution in [2.24, 2.45) is 7.05 Å². The monoisotopic (exact) mass is 658 g/mol. The average Bonchev–Trinajstić information content (AvgIpc) is 3.86. The molecule has 0 saturated heterocycles. The second-order valence-electron chi connectivity index (χ2n) is 14.0. The number of quaternary nitrogens is 1. The van der Waals surface area contributed by atoms with Crippen LogP contribution in [0.2, 0.25) is 0 Å². The summed E-state index contributed by atoms with van der Waals surface area (Å²) in [6.07, 6.45) is 5.85. The fraction of sp³-hybridized carbons (Fsp3) is 0.0244. The van der Waals surface area contributed by atoms with E-state index in [1.54, 1.807) is 6.20 Å². The van der Waals surface area contributed by atoms with Crippen LogP contribution in [0.4, 0.5) is 11.4 Å². The highest BCUT2D eigenvalue weighted by molar-refractivity contribution is 7.23. The SMILES string of the molecule is Cn1c2[n+](c3nccnc31)[N+]13c4c(cccc4-2)Oc2ccc4c(c21)-n1c2c(cccc2c2ccc[n+]3c21)[Si]41c2ccccc2-c2ccccc21. The van der Waals surface area contributed by atoms with E-state index >= 15 is 0 Å². The number of fused-ring (bicyclic) bond motifs is 12. The maximum absolute atomic E-state index is 7.04. The topological polar surface area (TPSA) is 52.6 Å². The Kier molecular flexibility index (Phi) is 3.74. The molecule has 0 aliphatic carbocycles. The van der Waals surface area contributed by atoms with Gasteiger partial charge in [0, 0.05) is 15.8 Å². The maximum atomic E-state index is 7.04. The molecule has 0 fully saturated rings. The largest absolute Gasteiger partial charge is 0.444 e. The van der Waals surface area contributed by atoms with Crippen molar-refractivity contribution in [2.75, 3.05) is 0 Å². The van der Waals surface area contributed by atoms with Crippen LogP contribution in [0.5, 0.6) is 11.5 Å². The summed E-state index contributed by atoms with van der Waals surface area (Å²) in [6.45, 7) is 0. The number of nitrogens with zero attached hydrogens (tertiary/aromatic N) is 7. The van der Waals surface area contributed by atoms with Crippen LogP contribution in [-0.2, 0) is 7.05 Å². The Labute approximate surface area is 285 Å². The lowest BCUT2D eigenvalue weighted by molar-refractivity contribution is -1.01. The second-order valence-corrected chi connectivity index (χ2v) is 17.7. The number of hydrogen-bond acceptors (Lipinski definition) is 3. The predicted molar refractivity (Wildman–Crippen MR) is 194 cm³/mol. The Morgan fingerprint density at radius 3 is 2.24 bits per heavy atom. The van der Waals surface area contributed by atoms with Gasteiger partial charge in [0.15, 0.2) is 20.0 Å². The molecule has 1 unspecified atom stereocenters. The predicted octanol–water partition coefficient (Wildman–Crippen LogP) is 4.28. The number of ether oxygens (including phenoxy) is 1. The zero-order chi connectivity index (χ0) is 32.2. The van der Waals surface area contributed by atoms with E-state index in [9.17, 15) is 0 Å². The van der Waals surface area contributed by atoms with Crippen molar-refractivity contribution in [2.45, 2.75) is 0 Å². The lowest BCUT2D eigenvalue weighted by atomic mass is 10.1. The highest BCUT2D eigenvalue weighted by atomic mass is 28.3. The molecule has 0 radical (unpaired) electrons. The Bertz CT molecular complexity index is 3130. The Morgan fingerprint density at radius 1 is 0.660 bits per heavy atom. The van der Waals surface area contributed by atoms with E-state index in [0.717, 1.165) is 51.2 Å². The van der Waals surface area contributed by atoms with Gasteiger partial charge >= 0.3 is 22.8 Å². The van der Waals surface area contributed by atoms with Gasteiger partial charge in [0.2, 0.25) is 11.4 Å². The first kappa shape index (κ1) is 24.7. The molecule has 0 bridgehead atoms. The van der Waals surface area contributed by atoms with Crippen LogP contribution >= 0.6 is 0 Å². The zero-order valence-electron chi connectivity index (χ0n) is 26.7. The van der Waals surface area contributed by atoms with Crippen molar-refractivity contribution in [1.29, 1.82) is 0 Å². The minimum Gasteiger partial charge on any atom is -0.444 e. The molecule has 5 aliphatic heterocycles. The molecule has 8 nitrogen and oxygen atoms in total. The van der Waals surface area contributed by atoms with Crippen molar-refractivity contribution in [3.63, 3.8) is 0 Å². The fourth-order valence-corrected chi connectivity index (χ4v) is 16.2. The molecule has 230 valence electrons. The number of imidazole rings is 1. The molecule has 1 atom stereocenters. The molecule has 50 heavy (non-hydrogen) atoms. The summed E-state index contributed by atoms with van der Waals surface area (Å²) in [5.74, 6) is 2.76. The first-order chi connectivity index (χ1) is 24.8. The smallest absolute Gasteiger partial charge is 0.378 e. The third kappa shape index (κ3) is 2.17. The Hall–Kier alpha value is -6.42. The first-order valence-corrected chi connectivity index (χ1v) is 19.1. The third-order valence-electron chi connectivity index (χ3n) is 12.2. The lowest BCUT2D eigenvalue weighted by Gasteiger charge is -2.40. The van der Waals surface area contributed by atoms with E-state index in [2.05, 4.69) is 141 Å². The number of hydrogen-bond donors (Lipinski definition) is 0. The minimum atomic E-state index is -2.84. The van der Waals surface area contributed by atoms with E-state index in [1.807, 2.05) is 6.20 Å². The number of aryl methyl sites for hydroxylation is 1.